The highest BCUT2D eigenvalue weighted by atomic mass is 16.5. The molecule has 1 amide bonds. The van der Waals surface area contributed by atoms with E-state index in [-0.39, 0.29) is 18.0 Å². The van der Waals surface area contributed by atoms with E-state index in [1.165, 1.54) is 16.7 Å². The zero-order valence-electron chi connectivity index (χ0n) is 17.7. The lowest BCUT2D eigenvalue weighted by atomic mass is 9.88. The van der Waals surface area contributed by atoms with Crippen LogP contribution in [0.4, 0.5) is 0 Å². The average molecular weight is 393 g/mol. The Balaban J connectivity index is 1.92. The van der Waals surface area contributed by atoms with Gasteiger partial charge in [-0.15, -0.1) is 6.58 Å². The monoisotopic (exact) mass is 392 g/mol. The van der Waals surface area contributed by atoms with Crippen molar-refractivity contribution in [3.63, 3.8) is 0 Å². The van der Waals surface area contributed by atoms with E-state index in [9.17, 15) is 4.79 Å². The van der Waals surface area contributed by atoms with Crippen LogP contribution in [0.5, 0.6) is 5.75 Å². The van der Waals surface area contributed by atoms with Gasteiger partial charge in [0, 0.05) is 19.1 Å². The van der Waals surface area contributed by atoms with E-state index in [0.29, 0.717) is 6.42 Å². The molecule has 29 heavy (non-hydrogen) atoms. The summed E-state index contributed by atoms with van der Waals surface area (Å²) in [7, 11) is 0. The van der Waals surface area contributed by atoms with E-state index in [4.69, 9.17) is 4.74 Å². The SMILES string of the molecule is C=CCN1CCc2ccc(O[C@@H](CC)C(=O)NC(C)C)cc2[C@H]1c1ccccc1. The van der Waals surface area contributed by atoms with Gasteiger partial charge in [0.2, 0.25) is 0 Å². The normalized spacial score (nSPS) is 17.4. The number of amides is 1. The lowest BCUT2D eigenvalue weighted by Gasteiger charge is -2.37. The smallest absolute Gasteiger partial charge is 0.261 e. The maximum Gasteiger partial charge on any atom is 0.261 e. The molecular formula is C25H32N2O2. The molecule has 3 rings (SSSR count). The van der Waals surface area contributed by atoms with Crippen molar-refractivity contribution in [2.75, 3.05) is 13.1 Å². The largest absolute Gasteiger partial charge is 0.481 e. The quantitative estimate of drug-likeness (QED) is 0.673. The fraction of sp³-hybridized carbons (Fsp3) is 0.400. The molecule has 0 aliphatic carbocycles. The van der Waals surface area contributed by atoms with E-state index >= 15 is 0 Å². The number of hydrogen-bond acceptors (Lipinski definition) is 3. The molecule has 1 heterocycles. The Labute approximate surface area is 174 Å². The Hall–Kier alpha value is -2.59. The zero-order valence-corrected chi connectivity index (χ0v) is 17.7. The van der Waals surface area contributed by atoms with Crippen LogP contribution in [0.1, 0.15) is 49.9 Å². The number of carbonyl (C=O) groups excluding carboxylic acids is 1. The minimum atomic E-state index is -0.488. The predicted molar refractivity (Wildman–Crippen MR) is 118 cm³/mol. The highest BCUT2D eigenvalue weighted by molar-refractivity contribution is 5.81. The summed E-state index contributed by atoms with van der Waals surface area (Å²) in [6.07, 6.45) is 3.10. The van der Waals surface area contributed by atoms with Crippen molar-refractivity contribution >= 4 is 5.91 Å². The summed E-state index contributed by atoms with van der Waals surface area (Å²) in [5, 5.41) is 2.95. The molecule has 4 heteroatoms. The van der Waals surface area contributed by atoms with Crippen molar-refractivity contribution in [2.24, 2.45) is 0 Å². The highest BCUT2D eigenvalue weighted by Crippen LogP contribution is 2.37. The van der Waals surface area contributed by atoms with Crippen LogP contribution in [0, 0.1) is 0 Å². The first kappa shape index (κ1) is 21.1. The van der Waals surface area contributed by atoms with Crippen molar-refractivity contribution in [2.45, 2.75) is 51.8 Å². The molecule has 0 saturated carbocycles. The molecule has 0 radical (unpaired) electrons. The molecule has 0 saturated heterocycles. The van der Waals surface area contributed by atoms with Crippen LogP contribution >= 0.6 is 0 Å². The van der Waals surface area contributed by atoms with Crippen molar-refractivity contribution < 1.29 is 9.53 Å². The summed E-state index contributed by atoms with van der Waals surface area (Å²) in [5.74, 6) is 0.684. The molecule has 0 unspecified atom stereocenters. The second kappa shape index (κ2) is 9.75. The first-order valence-electron chi connectivity index (χ1n) is 10.5. The summed E-state index contributed by atoms with van der Waals surface area (Å²) in [5.41, 5.74) is 3.85. The van der Waals surface area contributed by atoms with Gasteiger partial charge in [-0.05, 0) is 55.5 Å². The minimum Gasteiger partial charge on any atom is -0.481 e. The van der Waals surface area contributed by atoms with Gasteiger partial charge in [0.05, 0.1) is 6.04 Å². The third kappa shape index (κ3) is 5.07. The van der Waals surface area contributed by atoms with Crippen LogP contribution in [-0.4, -0.2) is 36.0 Å². The van der Waals surface area contributed by atoms with Crippen molar-refractivity contribution in [1.29, 1.82) is 0 Å². The number of hydrogen-bond donors (Lipinski definition) is 1. The molecule has 0 aromatic heterocycles. The van der Waals surface area contributed by atoms with Crippen molar-refractivity contribution in [3.05, 3.63) is 77.9 Å². The molecule has 0 spiro atoms. The molecule has 4 nitrogen and oxygen atoms in total. The van der Waals surface area contributed by atoms with Crippen LogP contribution in [0.25, 0.3) is 0 Å². The van der Waals surface area contributed by atoms with Crippen LogP contribution < -0.4 is 10.1 Å². The molecule has 154 valence electrons. The predicted octanol–water partition coefficient (Wildman–Crippen LogP) is 4.50. The second-order valence-electron chi connectivity index (χ2n) is 7.89. The summed E-state index contributed by atoms with van der Waals surface area (Å²) < 4.78 is 6.12. The first-order chi connectivity index (χ1) is 14.0. The molecule has 0 fully saturated rings. The van der Waals surface area contributed by atoms with E-state index in [1.54, 1.807) is 0 Å². The maximum atomic E-state index is 12.4. The Morgan fingerprint density at radius 1 is 1.28 bits per heavy atom. The molecular weight excluding hydrogens is 360 g/mol. The van der Waals surface area contributed by atoms with Gasteiger partial charge < -0.3 is 10.1 Å². The molecule has 2 atom stereocenters. The topological polar surface area (TPSA) is 41.6 Å². The van der Waals surface area contributed by atoms with Gasteiger partial charge >= 0.3 is 0 Å². The molecule has 2 aromatic carbocycles. The van der Waals surface area contributed by atoms with Gasteiger partial charge in [-0.1, -0.05) is 49.4 Å². The number of nitrogens with one attached hydrogen (secondary N) is 1. The van der Waals surface area contributed by atoms with Gasteiger partial charge in [0.15, 0.2) is 6.10 Å². The van der Waals surface area contributed by atoms with E-state index in [1.807, 2.05) is 39.0 Å². The summed E-state index contributed by atoms with van der Waals surface area (Å²) in [6, 6.07) is 17.1. The Morgan fingerprint density at radius 2 is 2.03 bits per heavy atom. The third-order valence-corrected chi connectivity index (χ3v) is 5.30. The Morgan fingerprint density at radius 3 is 2.69 bits per heavy atom. The number of ether oxygens (including phenoxy) is 1. The van der Waals surface area contributed by atoms with Gasteiger partial charge in [0.25, 0.3) is 5.91 Å². The van der Waals surface area contributed by atoms with Gasteiger partial charge in [-0.3, -0.25) is 9.69 Å². The molecule has 1 aliphatic rings. The van der Waals surface area contributed by atoms with Crippen LogP contribution in [-0.2, 0) is 11.2 Å². The van der Waals surface area contributed by atoms with Crippen LogP contribution in [0.15, 0.2) is 61.2 Å². The third-order valence-electron chi connectivity index (χ3n) is 5.30. The second-order valence-corrected chi connectivity index (χ2v) is 7.89. The molecule has 0 bridgehead atoms. The van der Waals surface area contributed by atoms with E-state index < -0.39 is 6.10 Å². The van der Waals surface area contributed by atoms with Crippen LogP contribution in [0.3, 0.4) is 0 Å². The van der Waals surface area contributed by atoms with Crippen molar-refractivity contribution in [3.8, 4) is 5.75 Å². The van der Waals surface area contributed by atoms with Gasteiger partial charge in [0.1, 0.15) is 5.75 Å². The highest BCUT2D eigenvalue weighted by Gasteiger charge is 2.29. The summed E-state index contributed by atoms with van der Waals surface area (Å²) >= 11 is 0. The Kier molecular flexibility index (Phi) is 7.10. The Bertz CT molecular complexity index is 832. The average Bonchev–Trinajstić information content (AvgIpc) is 2.72. The van der Waals surface area contributed by atoms with Gasteiger partial charge in [-0.25, -0.2) is 0 Å². The van der Waals surface area contributed by atoms with Crippen LogP contribution in [0.2, 0.25) is 0 Å². The lowest BCUT2D eigenvalue weighted by Crippen LogP contribution is -2.41. The van der Waals surface area contributed by atoms with E-state index in [2.05, 4.69) is 53.2 Å². The number of fused-ring (bicyclic) bond motifs is 1. The van der Waals surface area contributed by atoms with E-state index in [0.717, 1.165) is 25.3 Å². The fourth-order valence-electron chi connectivity index (χ4n) is 3.97. The number of carbonyl (C=O) groups is 1. The van der Waals surface area contributed by atoms with Gasteiger partial charge in [-0.2, -0.15) is 0 Å². The lowest BCUT2D eigenvalue weighted by molar-refractivity contribution is -0.128. The minimum absolute atomic E-state index is 0.0619. The molecule has 2 aromatic rings. The maximum absolute atomic E-state index is 12.4. The first-order valence-corrected chi connectivity index (χ1v) is 10.5. The molecule has 1 aliphatic heterocycles. The van der Waals surface area contributed by atoms with Crippen molar-refractivity contribution in [1.82, 2.24) is 10.2 Å². The molecule has 1 N–H and O–H groups in total. The standard InChI is InChI=1S/C25H32N2O2/c1-5-15-27-16-14-19-12-13-21(29-23(6-2)25(28)26-18(3)4)17-22(19)24(27)20-10-8-7-9-11-20/h5,7-13,17-18,23-24H,1,6,14-16H2,2-4H3,(H,26,28)/t23-,24+/m0/s1. The number of nitrogens with zero attached hydrogens (tertiary/aromatic N) is 1. The number of rotatable bonds is 8. The summed E-state index contributed by atoms with van der Waals surface area (Å²) in [4.78, 5) is 14.9. The summed E-state index contributed by atoms with van der Waals surface area (Å²) in [6.45, 7) is 11.7. The number of benzene rings is 2. The fourth-order valence-corrected chi connectivity index (χ4v) is 3.97. The zero-order chi connectivity index (χ0) is 20.8.